The van der Waals surface area contributed by atoms with Gasteiger partial charge in [-0.05, 0) is 12.8 Å². The van der Waals surface area contributed by atoms with Gasteiger partial charge >= 0.3 is 0 Å². The zero-order valence-electron chi connectivity index (χ0n) is 12.0. The van der Waals surface area contributed by atoms with Crippen molar-refractivity contribution >= 4 is 11.2 Å². The first kappa shape index (κ1) is 14.0. The fourth-order valence-corrected chi connectivity index (χ4v) is 3.16. The highest BCUT2D eigenvalue weighted by Gasteiger charge is 2.35. The van der Waals surface area contributed by atoms with E-state index in [1.807, 2.05) is 0 Å². The van der Waals surface area contributed by atoms with Gasteiger partial charge < -0.3 is 19.7 Å². The molecule has 0 saturated carbocycles. The molecule has 22 heavy (non-hydrogen) atoms. The molecule has 0 spiro atoms. The number of imidazole rings is 1. The van der Waals surface area contributed by atoms with Crippen LogP contribution in [0.1, 0.15) is 37.3 Å². The summed E-state index contributed by atoms with van der Waals surface area (Å²) >= 11 is 0. The molecule has 2 fully saturated rings. The molecular weight excluding hydrogens is 288 g/mol. The minimum atomic E-state index is -0.688. The van der Waals surface area contributed by atoms with Crippen LogP contribution in [0, 0.1) is 0 Å². The Labute approximate surface area is 126 Å². The molecule has 4 rings (SSSR count). The summed E-state index contributed by atoms with van der Waals surface area (Å²) in [6.45, 7) is 0.535. The van der Waals surface area contributed by atoms with Crippen LogP contribution in [0.2, 0.25) is 0 Å². The van der Waals surface area contributed by atoms with Crippen molar-refractivity contribution < 1.29 is 19.7 Å². The molecule has 0 bridgehead atoms. The third-order valence-electron chi connectivity index (χ3n) is 4.32. The molecule has 2 aromatic heterocycles. The average molecular weight is 306 g/mol. The minimum Gasteiger partial charge on any atom is -0.394 e. The summed E-state index contributed by atoms with van der Waals surface area (Å²) in [6.07, 6.45) is 3.83. The number of aliphatic hydroxyl groups is 2. The van der Waals surface area contributed by atoms with Gasteiger partial charge in [0.05, 0.1) is 19.0 Å². The summed E-state index contributed by atoms with van der Waals surface area (Å²) in [7, 11) is 0. The molecule has 4 atom stereocenters. The Bertz CT molecular complexity index is 670. The predicted octanol–water partition coefficient (Wildman–Crippen LogP) is 0.318. The number of hydrogen-bond acceptors (Lipinski definition) is 7. The minimum absolute atomic E-state index is 0.0332. The number of nitrogens with zero attached hydrogens (tertiary/aromatic N) is 4. The number of aliphatic hydroxyl groups excluding tert-OH is 2. The van der Waals surface area contributed by atoms with Crippen LogP contribution in [0.3, 0.4) is 0 Å². The molecule has 8 nitrogen and oxygen atoms in total. The van der Waals surface area contributed by atoms with Crippen molar-refractivity contribution in [3.8, 4) is 0 Å². The SMILES string of the molecule is OC[C@H]1O[C@@H](n2cnc3c(C4CCCO4)ncnc32)C[C@@H]1O. The highest BCUT2D eigenvalue weighted by Crippen LogP contribution is 2.34. The third kappa shape index (κ3) is 2.19. The molecule has 1 unspecified atom stereocenters. The third-order valence-corrected chi connectivity index (χ3v) is 4.32. The maximum absolute atomic E-state index is 9.89. The zero-order valence-corrected chi connectivity index (χ0v) is 12.0. The summed E-state index contributed by atoms with van der Waals surface area (Å²) in [5, 5.41) is 19.1. The highest BCUT2D eigenvalue weighted by atomic mass is 16.5. The quantitative estimate of drug-likeness (QED) is 0.841. The van der Waals surface area contributed by atoms with Crippen molar-refractivity contribution in [2.45, 2.75) is 43.8 Å². The predicted molar refractivity (Wildman–Crippen MR) is 74.9 cm³/mol. The number of fused-ring (bicyclic) bond motifs is 1. The molecule has 8 heteroatoms. The van der Waals surface area contributed by atoms with Crippen LogP contribution in [-0.2, 0) is 9.47 Å². The summed E-state index contributed by atoms with van der Waals surface area (Å²) < 4.78 is 13.1. The van der Waals surface area contributed by atoms with Crippen molar-refractivity contribution in [2.24, 2.45) is 0 Å². The second-order valence-electron chi connectivity index (χ2n) is 5.70. The van der Waals surface area contributed by atoms with Crippen LogP contribution < -0.4 is 0 Å². The van der Waals surface area contributed by atoms with E-state index in [0.29, 0.717) is 17.6 Å². The van der Waals surface area contributed by atoms with E-state index in [1.54, 1.807) is 10.9 Å². The van der Waals surface area contributed by atoms with E-state index in [9.17, 15) is 10.2 Å². The van der Waals surface area contributed by atoms with Crippen LogP contribution in [0.5, 0.6) is 0 Å². The topological polar surface area (TPSA) is 103 Å². The summed E-state index contributed by atoms with van der Waals surface area (Å²) in [4.78, 5) is 13.1. The van der Waals surface area contributed by atoms with E-state index >= 15 is 0 Å². The number of aromatic nitrogens is 4. The highest BCUT2D eigenvalue weighted by molar-refractivity contribution is 5.73. The summed E-state index contributed by atoms with van der Waals surface area (Å²) in [5.74, 6) is 0. The van der Waals surface area contributed by atoms with Gasteiger partial charge in [-0.15, -0.1) is 0 Å². The van der Waals surface area contributed by atoms with Crippen molar-refractivity contribution in [1.29, 1.82) is 0 Å². The molecule has 4 heterocycles. The van der Waals surface area contributed by atoms with E-state index in [4.69, 9.17) is 9.47 Å². The second kappa shape index (κ2) is 5.54. The van der Waals surface area contributed by atoms with Crippen LogP contribution >= 0.6 is 0 Å². The van der Waals surface area contributed by atoms with Crippen LogP contribution in [-0.4, -0.2) is 55.2 Å². The Morgan fingerprint density at radius 2 is 2.23 bits per heavy atom. The van der Waals surface area contributed by atoms with Crippen molar-refractivity contribution in [1.82, 2.24) is 19.5 Å². The van der Waals surface area contributed by atoms with Crippen LogP contribution in [0.25, 0.3) is 11.2 Å². The first-order chi connectivity index (χ1) is 10.8. The lowest BCUT2D eigenvalue weighted by molar-refractivity contribution is -0.0432. The monoisotopic (exact) mass is 306 g/mol. The van der Waals surface area contributed by atoms with Gasteiger partial charge in [0.1, 0.15) is 36.0 Å². The molecule has 2 aliphatic heterocycles. The first-order valence-electron chi connectivity index (χ1n) is 7.51. The second-order valence-corrected chi connectivity index (χ2v) is 5.70. The standard InChI is InChI=1S/C14H18N4O4/c19-5-10-8(20)4-11(22-10)18-7-17-13-12(9-2-1-3-21-9)15-6-16-14(13)18/h6-11,19-20H,1-5H2/t8-,9?,10+,11+/m0/s1. The smallest absolute Gasteiger partial charge is 0.165 e. The summed E-state index contributed by atoms with van der Waals surface area (Å²) in [6, 6.07) is 0. The average Bonchev–Trinajstić information content (AvgIpc) is 3.25. The van der Waals surface area contributed by atoms with Crippen molar-refractivity contribution in [2.75, 3.05) is 13.2 Å². The normalized spacial score (nSPS) is 32.1. The van der Waals surface area contributed by atoms with Gasteiger partial charge in [0, 0.05) is 13.0 Å². The molecule has 2 saturated heterocycles. The fourth-order valence-electron chi connectivity index (χ4n) is 3.16. The van der Waals surface area contributed by atoms with E-state index < -0.39 is 12.2 Å². The molecule has 0 aliphatic carbocycles. The lowest BCUT2D eigenvalue weighted by atomic mass is 10.1. The van der Waals surface area contributed by atoms with Gasteiger partial charge in [-0.1, -0.05) is 0 Å². The van der Waals surface area contributed by atoms with Gasteiger partial charge in [-0.25, -0.2) is 15.0 Å². The molecule has 0 aromatic carbocycles. The van der Waals surface area contributed by atoms with Gasteiger partial charge in [-0.2, -0.15) is 0 Å². The Morgan fingerprint density at radius 1 is 1.32 bits per heavy atom. The lowest BCUT2D eigenvalue weighted by Gasteiger charge is -2.14. The van der Waals surface area contributed by atoms with Crippen LogP contribution in [0.4, 0.5) is 0 Å². The number of rotatable bonds is 3. The van der Waals surface area contributed by atoms with E-state index in [2.05, 4.69) is 15.0 Å². The van der Waals surface area contributed by atoms with Gasteiger partial charge in [0.15, 0.2) is 5.65 Å². The Morgan fingerprint density at radius 3 is 2.95 bits per heavy atom. The molecule has 0 radical (unpaired) electrons. The maximum atomic E-state index is 9.89. The van der Waals surface area contributed by atoms with Gasteiger partial charge in [0.25, 0.3) is 0 Å². The number of hydrogen-bond donors (Lipinski definition) is 2. The van der Waals surface area contributed by atoms with Gasteiger partial charge in [0.2, 0.25) is 0 Å². The Hall–Kier alpha value is -1.61. The zero-order chi connectivity index (χ0) is 15.1. The maximum Gasteiger partial charge on any atom is 0.165 e. The largest absolute Gasteiger partial charge is 0.394 e. The van der Waals surface area contributed by atoms with Crippen molar-refractivity contribution in [3.63, 3.8) is 0 Å². The van der Waals surface area contributed by atoms with Crippen molar-refractivity contribution in [3.05, 3.63) is 18.3 Å². The molecule has 118 valence electrons. The summed E-state index contributed by atoms with van der Waals surface area (Å²) in [5.41, 5.74) is 2.18. The molecular formula is C14H18N4O4. The van der Waals surface area contributed by atoms with E-state index in [1.165, 1.54) is 6.33 Å². The Kier molecular flexibility index (Phi) is 3.53. The first-order valence-corrected chi connectivity index (χ1v) is 7.51. The van der Waals surface area contributed by atoms with E-state index in [0.717, 1.165) is 25.1 Å². The Balaban J connectivity index is 1.70. The molecule has 2 N–H and O–H groups in total. The lowest BCUT2D eigenvalue weighted by Crippen LogP contribution is -2.24. The fraction of sp³-hybridized carbons (Fsp3) is 0.643. The molecule has 2 aliphatic rings. The molecule has 2 aromatic rings. The van der Waals surface area contributed by atoms with E-state index in [-0.39, 0.29) is 18.9 Å². The number of ether oxygens (including phenoxy) is 2. The van der Waals surface area contributed by atoms with Crippen LogP contribution in [0.15, 0.2) is 12.7 Å². The van der Waals surface area contributed by atoms with Gasteiger partial charge in [-0.3, -0.25) is 4.57 Å². The molecule has 0 amide bonds.